The van der Waals surface area contributed by atoms with E-state index in [2.05, 4.69) is 42.0 Å². The number of aromatic nitrogens is 1. The quantitative estimate of drug-likeness (QED) is 0.874. The molecule has 0 aromatic carbocycles. The van der Waals surface area contributed by atoms with Crippen LogP contribution in [0.15, 0.2) is 18.3 Å². The second-order valence-corrected chi connectivity index (χ2v) is 6.07. The van der Waals surface area contributed by atoms with Crippen LogP contribution < -0.4 is 10.1 Å². The molecule has 118 valence electrons. The molecule has 0 saturated carbocycles. The zero-order valence-corrected chi connectivity index (χ0v) is 13.8. The van der Waals surface area contributed by atoms with Gasteiger partial charge in [-0.05, 0) is 18.4 Å². The van der Waals surface area contributed by atoms with Crippen molar-refractivity contribution in [1.82, 2.24) is 15.2 Å². The summed E-state index contributed by atoms with van der Waals surface area (Å²) in [6.07, 6.45) is 4.18. The van der Waals surface area contributed by atoms with E-state index in [1.807, 2.05) is 6.07 Å². The smallest absolute Gasteiger partial charge is 0.217 e. The third-order valence-electron chi connectivity index (χ3n) is 4.75. The Bertz CT molecular complexity index is 438. The Morgan fingerprint density at radius 2 is 2.29 bits per heavy atom. The summed E-state index contributed by atoms with van der Waals surface area (Å²) in [7, 11) is 1.70. The molecule has 4 heteroatoms. The lowest BCUT2D eigenvalue weighted by Crippen LogP contribution is -2.57. The van der Waals surface area contributed by atoms with Gasteiger partial charge < -0.3 is 10.1 Å². The molecule has 3 atom stereocenters. The average Bonchev–Trinajstić information content (AvgIpc) is 2.54. The standard InChI is InChI=1S/C17H29N3O/c1-5-13(3)16-10-19-15(6-2)12-20(16)11-14-8-7-9-18-17(14)21-4/h7-9,13,15-16,19H,5-6,10-12H2,1-4H3. The Morgan fingerprint density at radius 3 is 2.95 bits per heavy atom. The first-order chi connectivity index (χ1) is 10.2. The summed E-state index contributed by atoms with van der Waals surface area (Å²) in [6.45, 7) is 9.99. The predicted molar refractivity (Wildman–Crippen MR) is 86.5 cm³/mol. The minimum Gasteiger partial charge on any atom is -0.481 e. The van der Waals surface area contributed by atoms with Gasteiger partial charge in [-0.3, -0.25) is 4.90 Å². The van der Waals surface area contributed by atoms with Crippen molar-refractivity contribution in [1.29, 1.82) is 0 Å². The molecule has 1 aliphatic rings. The number of methoxy groups -OCH3 is 1. The Labute approximate surface area is 128 Å². The molecule has 1 N–H and O–H groups in total. The van der Waals surface area contributed by atoms with Crippen LogP contribution >= 0.6 is 0 Å². The van der Waals surface area contributed by atoms with Crippen LogP contribution in [0.2, 0.25) is 0 Å². The molecule has 0 spiro atoms. The number of ether oxygens (including phenoxy) is 1. The number of hydrogen-bond acceptors (Lipinski definition) is 4. The largest absolute Gasteiger partial charge is 0.481 e. The van der Waals surface area contributed by atoms with E-state index in [1.165, 1.54) is 18.4 Å². The van der Waals surface area contributed by atoms with E-state index in [0.717, 1.165) is 25.5 Å². The summed E-state index contributed by atoms with van der Waals surface area (Å²) in [5.74, 6) is 1.45. The van der Waals surface area contributed by atoms with Gasteiger partial charge in [0.05, 0.1) is 7.11 Å². The van der Waals surface area contributed by atoms with Gasteiger partial charge in [0.1, 0.15) is 0 Å². The second-order valence-electron chi connectivity index (χ2n) is 6.07. The molecule has 0 aliphatic carbocycles. The maximum atomic E-state index is 5.41. The highest BCUT2D eigenvalue weighted by Crippen LogP contribution is 2.24. The number of nitrogens with one attached hydrogen (secondary N) is 1. The van der Waals surface area contributed by atoms with Gasteiger partial charge in [0, 0.05) is 43.5 Å². The molecular formula is C17H29N3O. The predicted octanol–water partition coefficient (Wildman–Crippen LogP) is 2.69. The Morgan fingerprint density at radius 1 is 1.48 bits per heavy atom. The minimum atomic E-state index is 0.586. The van der Waals surface area contributed by atoms with Gasteiger partial charge >= 0.3 is 0 Å². The fraction of sp³-hybridized carbons (Fsp3) is 0.706. The molecule has 1 aromatic heterocycles. The van der Waals surface area contributed by atoms with Crippen molar-refractivity contribution in [2.45, 2.75) is 52.2 Å². The molecule has 2 heterocycles. The summed E-state index contributed by atoms with van der Waals surface area (Å²) < 4.78 is 5.41. The van der Waals surface area contributed by atoms with Gasteiger partial charge in [-0.1, -0.05) is 33.3 Å². The fourth-order valence-corrected chi connectivity index (χ4v) is 3.13. The lowest BCUT2D eigenvalue weighted by molar-refractivity contribution is 0.0823. The Kier molecular flexibility index (Phi) is 6.00. The topological polar surface area (TPSA) is 37.4 Å². The Hall–Kier alpha value is -1.13. The van der Waals surface area contributed by atoms with Gasteiger partial charge in [0.15, 0.2) is 0 Å². The molecule has 1 fully saturated rings. The Balaban J connectivity index is 2.15. The monoisotopic (exact) mass is 291 g/mol. The maximum absolute atomic E-state index is 5.41. The lowest BCUT2D eigenvalue weighted by Gasteiger charge is -2.43. The van der Waals surface area contributed by atoms with E-state index in [9.17, 15) is 0 Å². The number of rotatable bonds is 6. The summed E-state index contributed by atoms with van der Waals surface area (Å²) in [6, 6.07) is 5.30. The van der Waals surface area contributed by atoms with Crippen molar-refractivity contribution in [2.75, 3.05) is 20.2 Å². The van der Waals surface area contributed by atoms with Crippen LogP contribution in [-0.4, -0.2) is 42.2 Å². The number of hydrogen-bond donors (Lipinski definition) is 1. The van der Waals surface area contributed by atoms with Crippen molar-refractivity contribution in [3.63, 3.8) is 0 Å². The van der Waals surface area contributed by atoms with Crippen LogP contribution in [0, 0.1) is 5.92 Å². The van der Waals surface area contributed by atoms with E-state index in [-0.39, 0.29) is 0 Å². The van der Waals surface area contributed by atoms with Gasteiger partial charge in [0.25, 0.3) is 0 Å². The highest BCUT2D eigenvalue weighted by molar-refractivity contribution is 5.25. The zero-order chi connectivity index (χ0) is 15.2. The maximum Gasteiger partial charge on any atom is 0.217 e. The van der Waals surface area contributed by atoms with Crippen LogP contribution in [0.4, 0.5) is 0 Å². The minimum absolute atomic E-state index is 0.586. The zero-order valence-electron chi connectivity index (χ0n) is 13.8. The molecule has 3 unspecified atom stereocenters. The second kappa shape index (κ2) is 7.76. The summed E-state index contributed by atoms with van der Waals surface area (Å²) in [5, 5.41) is 3.69. The number of nitrogens with zero attached hydrogens (tertiary/aromatic N) is 2. The van der Waals surface area contributed by atoms with Gasteiger partial charge in [-0.15, -0.1) is 0 Å². The van der Waals surface area contributed by atoms with Crippen molar-refractivity contribution >= 4 is 0 Å². The summed E-state index contributed by atoms with van der Waals surface area (Å²) in [5.41, 5.74) is 1.19. The van der Waals surface area contributed by atoms with Gasteiger partial charge in [-0.25, -0.2) is 4.98 Å². The average molecular weight is 291 g/mol. The molecule has 0 amide bonds. The molecule has 21 heavy (non-hydrogen) atoms. The number of piperazine rings is 1. The molecule has 4 nitrogen and oxygen atoms in total. The lowest BCUT2D eigenvalue weighted by atomic mass is 9.93. The third-order valence-corrected chi connectivity index (χ3v) is 4.75. The van der Waals surface area contributed by atoms with Crippen LogP contribution in [0.5, 0.6) is 5.88 Å². The molecular weight excluding hydrogens is 262 g/mol. The van der Waals surface area contributed by atoms with Gasteiger partial charge in [0.2, 0.25) is 5.88 Å². The molecule has 2 rings (SSSR count). The van der Waals surface area contributed by atoms with Crippen molar-refractivity contribution < 1.29 is 4.74 Å². The van der Waals surface area contributed by atoms with Gasteiger partial charge in [-0.2, -0.15) is 0 Å². The highest BCUT2D eigenvalue weighted by Gasteiger charge is 2.30. The molecule has 1 aliphatic heterocycles. The van der Waals surface area contributed by atoms with Crippen molar-refractivity contribution in [3.8, 4) is 5.88 Å². The highest BCUT2D eigenvalue weighted by atomic mass is 16.5. The van der Waals surface area contributed by atoms with E-state index in [4.69, 9.17) is 4.74 Å². The normalized spacial score (nSPS) is 24.8. The third kappa shape index (κ3) is 3.95. The molecule has 0 radical (unpaired) electrons. The van der Waals surface area contributed by atoms with Crippen LogP contribution in [-0.2, 0) is 6.54 Å². The van der Waals surface area contributed by atoms with Crippen molar-refractivity contribution in [2.24, 2.45) is 5.92 Å². The summed E-state index contributed by atoms with van der Waals surface area (Å²) in [4.78, 5) is 6.94. The molecule has 0 bridgehead atoms. The van der Waals surface area contributed by atoms with E-state index in [1.54, 1.807) is 13.3 Å². The first kappa shape index (κ1) is 16.2. The number of pyridine rings is 1. The SMILES string of the molecule is CCC1CN(Cc2cccnc2OC)C(C(C)CC)CN1. The van der Waals surface area contributed by atoms with E-state index in [0.29, 0.717) is 18.0 Å². The van der Waals surface area contributed by atoms with Crippen LogP contribution in [0.1, 0.15) is 39.2 Å². The first-order valence-corrected chi connectivity index (χ1v) is 8.14. The molecule has 1 saturated heterocycles. The van der Waals surface area contributed by atoms with Crippen LogP contribution in [0.25, 0.3) is 0 Å². The van der Waals surface area contributed by atoms with Crippen LogP contribution in [0.3, 0.4) is 0 Å². The first-order valence-electron chi connectivity index (χ1n) is 8.14. The molecule has 1 aromatic rings. The fourth-order valence-electron chi connectivity index (χ4n) is 3.13. The van der Waals surface area contributed by atoms with E-state index >= 15 is 0 Å². The van der Waals surface area contributed by atoms with Crippen molar-refractivity contribution in [3.05, 3.63) is 23.9 Å². The van der Waals surface area contributed by atoms with E-state index < -0.39 is 0 Å². The summed E-state index contributed by atoms with van der Waals surface area (Å²) >= 11 is 0.